The molecule has 5 nitrogen and oxygen atoms in total. The maximum absolute atomic E-state index is 11.0. The highest BCUT2D eigenvalue weighted by Crippen LogP contribution is 2.18. The van der Waals surface area contributed by atoms with Gasteiger partial charge in [0.25, 0.3) is 0 Å². The van der Waals surface area contributed by atoms with Crippen LogP contribution in [0.2, 0.25) is 0 Å². The van der Waals surface area contributed by atoms with Gasteiger partial charge in [0.1, 0.15) is 11.9 Å². The van der Waals surface area contributed by atoms with Crippen molar-refractivity contribution in [1.82, 2.24) is 5.32 Å². The molecule has 1 aromatic rings. The first-order valence-electron chi connectivity index (χ1n) is 4.93. The van der Waals surface area contributed by atoms with E-state index in [4.69, 9.17) is 10.5 Å². The van der Waals surface area contributed by atoms with Gasteiger partial charge >= 0.3 is 6.03 Å². The van der Waals surface area contributed by atoms with Gasteiger partial charge in [-0.05, 0) is 11.1 Å². The van der Waals surface area contributed by atoms with Crippen LogP contribution in [-0.2, 0) is 11.3 Å². The summed E-state index contributed by atoms with van der Waals surface area (Å²) in [6, 6.07) is 7.01. The predicted molar refractivity (Wildman–Crippen MR) is 60.1 cm³/mol. The fourth-order valence-electron chi connectivity index (χ4n) is 1.64. The molecule has 16 heavy (non-hydrogen) atoms. The van der Waals surface area contributed by atoms with Gasteiger partial charge in [0, 0.05) is 7.11 Å². The highest BCUT2D eigenvalue weighted by molar-refractivity contribution is 6.03. The molecular formula is C11H13N3O2. The molecular weight excluding hydrogens is 206 g/mol. The van der Waals surface area contributed by atoms with E-state index in [-0.39, 0.29) is 12.1 Å². The molecule has 1 atom stereocenters. The summed E-state index contributed by atoms with van der Waals surface area (Å²) in [7, 11) is 1.65. The number of amidine groups is 1. The van der Waals surface area contributed by atoms with Crippen molar-refractivity contribution in [3.8, 4) is 0 Å². The van der Waals surface area contributed by atoms with Gasteiger partial charge < -0.3 is 15.8 Å². The molecule has 1 heterocycles. The number of nitrogens with zero attached hydrogens (tertiary/aromatic N) is 1. The highest BCUT2D eigenvalue weighted by atomic mass is 16.5. The summed E-state index contributed by atoms with van der Waals surface area (Å²) in [4.78, 5) is 14.6. The number of benzene rings is 1. The van der Waals surface area contributed by atoms with Gasteiger partial charge in [0.2, 0.25) is 0 Å². The molecule has 2 rings (SSSR count). The van der Waals surface area contributed by atoms with Crippen LogP contribution in [-0.4, -0.2) is 19.0 Å². The lowest BCUT2D eigenvalue weighted by molar-refractivity contribution is 0.185. The molecule has 3 N–H and O–H groups in total. The van der Waals surface area contributed by atoms with E-state index in [9.17, 15) is 4.79 Å². The van der Waals surface area contributed by atoms with Crippen LogP contribution >= 0.6 is 0 Å². The zero-order valence-corrected chi connectivity index (χ0v) is 8.93. The molecule has 0 aliphatic carbocycles. The normalized spacial score (nSPS) is 19.4. The number of carbonyl (C=O) groups excluding carboxylic acids is 1. The van der Waals surface area contributed by atoms with Crippen molar-refractivity contribution in [3.63, 3.8) is 0 Å². The maximum Gasteiger partial charge on any atom is 0.343 e. The van der Waals surface area contributed by atoms with E-state index in [0.717, 1.165) is 11.1 Å². The second-order valence-electron chi connectivity index (χ2n) is 3.59. The van der Waals surface area contributed by atoms with Crippen LogP contribution in [0.15, 0.2) is 29.3 Å². The van der Waals surface area contributed by atoms with E-state index in [1.807, 2.05) is 24.3 Å². The van der Waals surface area contributed by atoms with Crippen molar-refractivity contribution >= 4 is 11.9 Å². The van der Waals surface area contributed by atoms with Crippen molar-refractivity contribution in [2.24, 2.45) is 10.7 Å². The molecule has 1 unspecified atom stereocenters. The van der Waals surface area contributed by atoms with Crippen LogP contribution in [0, 0.1) is 0 Å². The first kappa shape index (κ1) is 10.6. The lowest BCUT2D eigenvalue weighted by Gasteiger charge is -2.11. The van der Waals surface area contributed by atoms with Crippen LogP contribution < -0.4 is 11.1 Å². The van der Waals surface area contributed by atoms with E-state index in [1.165, 1.54) is 0 Å². The Kier molecular flexibility index (Phi) is 2.87. The number of nitrogens with two attached hydrogens (primary N) is 1. The number of methoxy groups -OCH3 is 1. The van der Waals surface area contributed by atoms with Crippen LogP contribution in [0.5, 0.6) is 0 Å². The maximum atomic E-state index is 11.0. The standard InChI is InChI=1S/C11H13N3O2/c1-16-6-7-2-4-8(5-3-7)9-10(12)14-11(15)13-9/h2-5,9H,6H2,1H3,(H3,12,13,14,15). The van der Waals surface area contributed by atoms with E-state index in [2.05, 4.69) is 10.3 Å². The molecule has 0 saturated heterocycles. The van der Waals surface area contributed by atoms with E-state index in [1.54, 1.807) is 7.11 Å². The van der Waals surface area contributed by atoms with Gasteiger partial charge in [-0.15, -0.1) is 0 Å². The van der Waals surface area contributed by atoms with Crippen LogP contribution in [0.1, 0.15) is 17.2 Å². The number of aliphatic imine (C=N–C) groups is 1. The van der Waals surface area contributed by atoms with Crippen molar-refractivity contribution in [2.45, 2.75) is 12.6 Å². The summed E-state index contributed by atoms with van der Waals surface area (Å²) in [6.45, 7) is 0.570. The van der Waals surface area contributed by atoms with E-state index >= 15 is 0 Å². The minimum atomic E-state index is -0.386. The first-order valence-corrected chi connectivity index (χ1v) is 4.93. The molecule has 1 aliphatic rings. The number of rotatable bonds is 3. The Balaban J connectivity index is 2.16. The third-order valence-corrected chi connectivity index (χ3v) is 2.42. The average molecular weight is 219 g/mol. The summed E-state index contributed by atoms with van der Waals surface area (Å²) in [5, 5.41) is 2.67. The third-order valence-electron chi connectivity index (χ3n) is 2.42. The van der Waals surface area contributed by atoms with E-state index in [0.29, 0.717) is 12.4 Å². The van der Waals surface area contributed by atoms with Gasteiger partial charge in [0.05, 0.1) is 6.61 Å². The molecule has 0 aromatic heterocycles. The number of urea groups is 1. The smallest absolute Gasteiger partial charge is 0.343 e. The van der Waals surface area contributed by atoms with E-state index < -0.39 is 0 Å². The average Bonchev–Trinajstić information content (AvgIpc) is 2.59. The van der Waals surface area contributed by atoms with Crippen LogP contribution in [0.25, 0.3) is 0 Å². The number of amides is 2. The highest BCUT2D eigenvalue weighted by Gasteiger charge is 2.24. The Labute approximate surface area is 93.3 Å². The minimum Gasteiger partial charge on any atom is -0.385 e. The molecule has 0 fully saturated rings. The quantitative estimate of drug-likeness (QED) is 0.794. The zero-order valence-electron chi connectivity index (χ0n) is 8.93. The molecule has 84 valence electrons. The first-order chi connectivity index (χ1) is 7.70. The van der Waals surface area contributed by atoms with Crippen molar-refractivity contribution < 1.29 is 9.53 Å². The van der Waals surface area contributed by atoms with Gasteiger partial charge in [-0.2, -0.15) is 4.99 Å². The van der Waals surface area contributed by atoms with Crippen LogP contribution in [0.3, 0.4) is 0 Å². The molecule has 0 bridgehead atoms. The second kappa shape index (κ2) is 4.32. The summed E-state index contributed by atoms with van der Waals surface area (Å²) >= 11 is 0. The third kappa shape index (κ3) is 2.04. The summed E-state index contributed by atoms with van der Waals surface area (Å²) in [6.07, 6.45) is 0. The summed E-state index contributed by atoms with van der Waals surface area (Å²) < 4.78 is 5.01. The number of carbonyl (C=O) groups is 1. The SMILES string of the molecule is COCc1ccc(C2NC(=O)N=C2N)cc1. The Hall–Kier alpha value is -1.88. The molecule has 1 aliphatic heterocycles. The summed E-state index contributed by atoms with van der Waals surface area (Å²) in [5.74, 6) is 0.310. The Morgan fingerprint density at radius 3 is 2.62 bits per heavy atom. The Morgan fingerprint density at radius 2 is 2.12 bits per heavy atom. The summed E-state index contributed by atoms with van der Waals surface area (Å²) in [5.41, 5.74) is 7.64. The molecule has 1 aromatic carbocycles. The lowest BCUT2D eigenvalue weighted by atomic mass is 10.0. The molecule has 0 saturated carbocycles. The fourth-order valence-corrected chi connectivity index (χ4v) is 1.64. The topological polar surface area (TPSA) is 76.7 Å². The van der Waals surface area contributed by atoms with Gasteiger partial charge in [-0.25, -0.2) is 4.79 Å². The van der Waals surface area contributed by atoms with Gasteiger partial charge in [-0.1, -0.05) is 24.3 Å². The fraction of sp³-hybridized carbons (Fsp3) is 0.273. The molecule has 0 radical (unpaired) electrons. The van der Waals surface area contributed by atoms with Crippen LogP contribution in [0.4, 0.5) is 4.79 Å². The van der Waals surface area contributed by atoms with Crippen molar-refractivity contribution in [1.29, 1.82) is 0 Å². The Bertz CT molecular complexity index is 425. The zero-order chi connectivity index (χ0) is 11.5. The monoisotopic (exact) mass is 219 g/mol. The van der Waals surface area contributed by atoms with Gasteiger partial charge in [0.15, 0.2) is 0 Å². The molecule has 5 heteroatoms. The Morgan fingerprint density at radius 1 is 1.44 bits per heavy atom. The predicted octanol–water partition coefficient (Wildman–Crippen LogP) is 0.955. The number of nitrogens with one attached hydrogen (secondary N) is 1. The molecule has 2 amide bonds. The van der Waals surface area contributed by atoms with Crippen molar-refractivity contribution in [2.75, 3.05) is 7.11 Å². The van der Waals surface area contributed by atoms with Gasteiger partial charge in [-0.3, -0.25) is 0 Å². The second-order valence-corrected chi connectivity index (χ2v) is 3.59. The number of hydrogen-bond donors (Lipinski definition) is 2. The molecule has 0 spiro atoms. The number of ether oxygens (including phenoxy) is 1. The van der Waals surface area contributed by atoms with Crippen molar-refractivity contribution in [3.05, 3.63) is 35.4 Å². The largest absolute Gasteiger partial charge is 0.385 e. The minimum absolute atomic E-state index is 0.302. The number of hydrogen-bond acceptors (Lipinski definition) is 3. The lowest BCUT2D eigenvalue weighted by Crippen LogP contribution is -2.27.